The summed E-state index contributed by atoms with van der Waals surface area (Å²) in [7, 11) is 0. The summed E-state index contributed by atoms with van der Waals surface area (Å²) in [6.45, 7) is 6.16. The van der Waals surface area contributed by atoms with Gasteiger partial charge in [0.05, 0.1) is 17.4 Å². The number of hydrogen-bond acceptors (Lipinski definition) is 4. The molecule has 3 aliphatic rings. The molecule has 0 spiro atoms. The molecule has 1 aromatic rings. The van der Waals surface area contributed by atoms with Crippen LogP contribution >= 0.6 is 0 Å². The lowest BCUT2D eigenvalue weighted by atomic mass is 10.0. The number of benzene rings is 1. The van der Waals surface area contributed by atoms with Crippen LogP contribution in [0.2, 0.25) is 0 Å². The molecule has 6 heteroatoms. The number of carbonyl (C=O) groups excluding carboxylic acids is 2. The van der Waals surface area contributed by atoms with Gasteiger partial charge < -0.3 is 19.9 Å². The Morgan fingerprint density at radius 3 is 2.33 bits per heavy atom. The highest BCUT2D eigenvalue weighted by Crippen LogP contribution is 2.33. The van der Waals surface area contributed by atoms with E-state index in [1.54, 1.807) is 0 Å². The standard InChI is InChI=1S/C24H35N3O3/c1-2-30-20-11-15-27(16-12-20)24(29)21-10-9-19(25-23(28)18-7-8-18)17-22(21)26-13-5-3-4-6-14-26/h9-10,17-18,20H,2-8,11-16H2,1H3,(H,25,28). The van der Waals surface area contributed by atoms with Crippen molar-refractivity contribution in [2.45, 2.75) is 64.4 Å². The number of carbonyl (C=O) groups is 2. The zero-order valence-corrected chi connectivity index (χ0v) is 18.2. The summed E-state index contributed by atoms with van der Waals surface area (Å²) in [5.41, 5.74) is 2.54. The highest BCUT2D eigenvalue weighted by Gasteiger charge is 2.30. The van der Waals surface area contributed by atoms with Crippen molar-refractivity contribution in [1.82, 2.24) is 4.90 Å². The first kappa shape index (κ1) is 21.2. The Balaban J connectivity index is 1.54. The number of nitrogens with one attached hydrogen (secondary N) is 1. The van der Waals surface area contributed by atoms with Crippen molar-refractivity contribution in [2.75, 3.05) is 43.0 Å². The SMILES string of the molecule is CCOC1CCN(C(=O)c2ccc(NC(=O)C3CC3)cc2N2CCCCCC2)CC1. The summed E-state index contributed by atoms with van der Waals surface area (Å²) in [5.74, 6) is 0.373. The zero-order chi connectivity index (χ0) is 20.9. The minimum absolute atomic E-state index is 0.101. The van der Waals surface area contributed by atoms with E-state index in [2.05, 4.69) is 10.2 Å². The van der Waals surface area contributed by atoms with Crippen molar-refractivity contribution < 1.29 is 14.3 Å². The third-order valence-electron chi connectivity index (χ3n) is 6.52. The van der Waals surface area contributed by atoms with Crippen LogP contribution in [0.3, 0.4) is 0 Å². The number of nitrogens with zero attached hydrogens (tertiary/aromatic N) is 2. The number of piperidine rings is 1. The topological polar surface area (TPSA) is 61.9 Å². The minimum Gasteiger partial charge on any atom is -0.378 e. The number of amides is 2. The van der Waals surface area contributed by atoms with Gasteiger partial charge in [-0.15, -0.1) is 0 Å². The molecule has 1 N–H and O–H groups in total. The largest absolute Gasteiger partial charge is 0.378 e. The predicted octanol–water partition coefficient (Wildman–Crippen LogP) is 4.06. The van der Waals surface area contributed by atoms with E-state index in [-0.39, 0.29) is 23.8 Å². The highest BCUT2D eigenvalue weighted by atomic mass is 16.5. The molecule has 0 bridgehead atoms. The van der Waals surface area contributed by atoms with E-state index in [1.807, 2.05) is 30.0 Å². The number of ether oxygens (including phenoxy) is 1. The molecule has 2 aliphatic heterocycles. The number of hydrogen-bond donors (Lipinski definition) is 1. The molecule has 2 heterocycles. The van der Waals surface area contributed by atoms with E-state index < -0.39 is 0 Å². The summed E-state index contributed by atoms with van der Waals surface area (Å²) in [6.07, 6.45) is 8.80. The van der Waals surface area contributed by atoms with Crippen LogP contribution in [0.4, 0.5) is 11.4 Å². The van der Waals surface area contributed by atoms with Crippen molar-refractivity contribution >= 4 is 23.2 Å². The first-order valence-corrected chi connectivity index (χ1v) is 11.8. The maximum Gasteiger partial charge on any atom is 0.255 e. The predicted molar refractivity (Wildman–Crippen MR) is 119 cm³/mol. The van der Waals surface area contributed by atoms with Crippen LogP contribution in [0.15, 0.2) is 18.2 Å². The zero-order valence-electron chi connectivity index (χ0n) is 18.2. The smallest absolute Gasteiger partial charge is 0.255 e. The van der Waals surface area contributed by atoms with Gasteiger partial charge in [0.2, 0.25) is 5.91 Å². The Morgan fingerprint density at radius 2 is 1.70 bits per heavy atom. The summed E-state index contributed by atoms with van der Waals surface area (Å²) in [6, 6.07) is 5.83. The van der Waals surface area contributed by atoms with Gasteiger partial charge in [-0.1, -0.05) is 12.8 Å². The molecule has 30 heavy (non-hydrogen) atoms. The van der Waals surface area contributed by atoms with Gasteiger partial charge in [0, 0.05) is 44.4 Å². The molecule has 3 fully saturated rings. The van der Waals surface area contributed by atoms with Gasteiger partial charge in [-0.2, -0.15) is 0 Å². The second kappa shape index (κ2) is 9.82. The molecule has 0 atom stereocenters. The van der Waals surface area contributed by atoms with Gasteiger partial charge in [-0.05, 0) is 63.6 Å². The van der Waals surface area contributed by atoms with E-state index in [4.69, 9.17) is 4.74 Å². The lowest BCUT2D eigenvalue weighted by Crippen LogP contribution is -2.41. The molecular formula is C24H35N3O3. The Labute approximate surface area is 179 Å². The molecule has 0 aromatic heterocycles. The molecule has 2 saturated heterocycles. The summed E-state index contributed by atoms with van der Waals surface area (Å²) in [4.78, 5) is 30.0. The first-order chi connectivity index (χ1) is 14.7. The van der Waals surface area contributed by atoms with Crippen molar-refractivity contribution in [1.29, 1.82) is 0 Å². The van der Waals surface area contributed by atoms with E-state index in [0.29, 0.717) is 0 Å². The minimum atomic E-state index is 0.101. The Morgan fingerprint density at radius 1 is 1.00 bits per heavy atom. The van der Waals surface area contributed by atoms with Crippen LogP contribution in [0.5, 0.6) is 0 Å². The normalized spacial score (nSPS) is 20.7. The van der Waals surface area contributed by atoms with Crippen LogP contribution in [-0.2, 0) is 9.53 Å². The van der Waals surface area contributed by atoms with E-state index >= 15 is 0 Å². The molecule has 6 nitrogen and oxygen atoms in total. The van der Waals surface area contributed by atoms with E-state index in [9.17, 15) is 9.59 Å². The first-order valence-electron chi connectivity index (χ1n) is 11.8. The number of anilines is 2. The Hall–Kier alpha value is -2.08. The average molecular weight is 414 g/mol. The monoisotopic (exact) mass is 413 g/mol. The fourth-order valence-electron chi connectivity index (χ4n) is 4.58. The molecule has 1 aromatic carbocycles. The molecular weight excluding hydrogens is 378 g/mol. The maximum absolute atomic E-state index is 13.4. The van der Waals surface area contributed by atoms with Gasteiger partial charge in [0.25, 0.3) is 5.91 Å². The van der Waals surface area contributed by atoms with Gasteiger partial charge in [0.1, 0.15) is 0 Å². The number of likely N-dealkylation sites (tertiary alicyclic amines) is 1. The molecule has 1 aliphatic carbocycles. The summed E-state index contributed by atoms with van der Waals surface area (Å²) in [5, 5.41) is 3.06. The van der Waals surface area contributed by atoms with Gasteiger partial charge in [-0.3, -0.25) is 9.59 Å². The molecule has 164 valence electrons. The fraction of sp³-hybridized carbons (Fsp3) is 0.667. The molecule has 0 radical (unpaired) electrons. The summed E-state index contributed by atoms with van der Waals surface area (Å²) < 4.78 is 5.74. The lowest BCUT2D eigenvalue weighted by molar-refractivity contribution is -0.117. The highest BCUT2D eigenvalue weighted by molar-refractivity contribution is 6.02. The molecule has 1 saturated carbocycles. The van der Waals surface area contributed by atoms with Gasteiger partial charge >= 0.3 is 0 Å². The van der Waals surface area contributed by atoms with Crippen molar-refractivity contribution in [3.8, 4) is 0 Å². The van der Waals surface area contributed by atoms with E-state index in [1.165, 1.54) is 12.8 Å². The fourth-order valence-corrected chi connectivity index (χ4v) is 4.58. The van der Waals surface area contributed by atoms with Gasteiger partial charge in [0.15, 0.2) is 0 Å². The Kier molecular flexibility index (Phi) is 6.93. The molecule has 4 rings (SSSR count). The third-order valence-corrected chi connectivity index (χ3v) is 6.52. The average Bonchev–Trinajstić information content (AvgIpc) is 3.61. The third kappa shape index (κ3) is 5.15. The van der Waals surface area contributed by atoms with Crippen LogP contribution in [0.1, 0.15) is 68.6 Å². The van der Waals surface area contributed by atoms with Crippen molar-refractivity contribution in [3.63, 3.8) is 0 Å². The lowest BCUT2D eigenvalue weighted by Gasteiger charge is -2.33. The van der Waals surface area contributed by atoms with Gasteiger partial charge in [-0.25, -0.2) is 0 Å². The van der Waals surface area contributed by atoms with E-state index in [0.717, 1.165) is 88.2 Å². The molecule has 2 amide bonds. The number of rotatable bonds is 6. The van der Waals surface area contributed by atoms with Crippen LogP contribution in [0, 0.1) is 5.92 Å². The second-order valence-electron chi connectivity index (χ2n) is 8.84. The van der Waals surface area contributed by atoms with Crippen molar-refractivity contribution in [3.05, 3.63) is 23.8 Å². The second-order valence-corrected chi connectivity index (χ2v) is 8.84. The van der Waals surface area contributed by atoms with Crippen LogP contribution in [-0.4, -0.2) is 55.6 Å². The molecule has 0 unspecified atom stereocenters. The quantitative estimate of drug-likeness (QED) is 0.764. The van der Waals surface area contributed by atoms with Crippen molar-refractivity contribution in [2.24, 2.45) is 5.92 Å². The van der Waals surface area contributed by atoms with Crippen LogP contribution in [0.25, 0.3) is 0 Å². The summed E-state index contributed by atoms with van der Waals surface area (Å²) >= 11 is 0. The Bertz CT molecular complexity index is 746. The maximum atomic E-state index is 13.4. The van der Waals surface area contributed by atoms with Crippen LogP contribution < -0.4 is 10.2 Å².